The van der Waals surface area contributed by atoms with Gasteiger partial charge in [0.2, 0.25) is 0 Å². The summed E-state index contributed by atoms with van der Waals surface area (Å²) in [5.41, 5.74) is 0.356. The average molecular weight is 407 g/mol. The summed E-state index contributed by atoms with van der Waals surface area (Å²) in [6.45, 7) is 2.55. The maximum absolute atomic E-state index is 12.5. The van der Waals surface area contributed by atoms with E-state index < -0.39 is 22.8 Å². The predicted octanol–water partition coefficient (Wildman–Crippen LogP) is 3.98. The van der Waals surface area contributed by atoms with Gasteiger partial charge in [-0.1, -0.05) is 30.7 Å². The number of hydrogen-bond donors (Lipinski definition) is 2. The summed E-state index contributed by atoms with van der Waals surface area (Å²) in [4.78, 5) is 33.9. The molecule has 0 aromatic heterocycles. The molecule has 0 aliphatic heterocycles. The van der Waals surface area contributed by atoms with E-state index in [1.165, 1.54) is 6.07 Å². The normalized spacial score (nSPS) is 11.5. The lowest BCUT2D eigenvalue weighted by molar-refractivity contribution is -0.384. The van der Waals surface area contributed by atoms with Crippen molar-refractivity contribution in [3.8, 4) is 5.75 Å². The minimum atomic E-state index is -1.09. The van der Waals surface area contributed by atoms with Crippen LogP contribution in [0.2, 0.25) is 5.02 Å². The summed E-state index contributed by atoms with van der Waals surface area (Å²) in [6.07, 6.45) is 0.515. The highest BCUT2D eigenvalue weighted by atomic mass is 35.5. The van der Waals surface area contributed by atoms with Gasteiger partial charge in [-0.2, -0.15) is 0 Å². The first kappa shape index (κ1) is 21.2. The summed E-state index contributed by atoms with van der Waals surface area (Å²) < 4.78 is 5.49. The number of carboxylic acid groups (broad SMARTS) is 1. The van der Waals surface area contributed by atoms with E-state index in [0.29, 0.717) is 17.9 Å². The van der Waals surface area contributed by atoms with Crippen LogP contribution in [0.5, 0.6) is 5.75 Å². The maximum Gasteiger partial charge on any atom is 0.305 e. The van der Waals surface area contributed by atoms with Crippen LogP contribution in [0, 0.1) is 10.1 Å². The van der Waals surface area contributed by atoms with Crippen LogP contribution in [0.3, 0.4) is 0 Å². The molecule has 0 unspecified atom stereocenters. The Morgan fingerprint density at radius 3 is 2.46 bits per heavy atom. The van der Waals surface area contributed by atoms with E-state index in [1.807, 2.05) is 6.92 Å². The molecular weight excluding hydrogens is 388 g/mol. The van der Waals surface area contributed by atoms with E-state index in [0.717, 1.165) is 18.6 Å². The molecule has 2 N–H and O–H groups in total. The minimum absolute atomic E-state index is 0.0190. The second kappa shape index (κ2) is 9.70. The number of ether oxygens (including phenoxy) is 1. The molecule has 148 valence electrons. The number of carboxylic acids is 1. The van der Waals surface area contributed by atoms with Gasteiger partial charge in [0.05, 0.1) is 34.6 Å². The Balaban J connectivity index is 2.20. The second-order valence-electron chi connectivity index (χ2n) is 5.96. The molecule has 0 aliphatic rings. The second-order valence-corrected chi connectivity index (χ2v) is 6.37. The third-order valence-corrected chi connectivity index (χ3v) is 4.16. The number of aliphatic carboxylic acids is 1. The van der Waals surface area contributed by atoms with Gasteiger partial charge in [-0.05, 0) is 30.2 Å². The average Bonchev–Trinajstić information content (AvgIpc) is 2.65. The third kappa shape index (κ3) is 5.68. The van der Waals surface area contributed by atoms with E-state index in [4.69, 9.17) is 16.3 Å². The number of amides is 1. The molecule has 0 fully saturated rings. The molecule has 2 aromatic rings. The first-order valence-corrected chi connectivity index (χ1v) is 8.89. The lowest BCUT2D eigenvalue weighted by atomic mass is 10.0. The Morgan fingerprint density at radius 2 is 1.93 bits per heavy atom. The number of hydrogen-bond acceptors (Lipinski definition) is 5. The summed E-state index contributed by atoms with van der Waals surface area (Å²) >= 11 is 5.97. The SMILES string of the molecule is CCCOc1ccc([C@@H](CC(=O)O)NC(=O)c2ccc([N+](=O)[O-])cc2Cl)cc1. The number of non-ortho nitro benzene ring substituents is 1. The van der Waals surface area contributed by atoms with Gasteiger partial charge in [0.1, 0.15) is 5.75 Å². The fourth-order valence-corrected chi connectivity index (χ4v) is 2.74. The predicted molar refractivity (Wildman–Crippen MR) is 103 cm³/mol. The summed E-state index contributed by atoms with van der Waals surface area (Å²) in [5, 5.41) is 22.5. The Hall–Kier alpha value is -3.13. The zero-order valence-electron chi connectivity index (χ0n) is 15.1. The highest BCUT2D eigenvalue weighted by molar-refractivity contribution is 6.34. The number of rotatable bonds is 9. The van der Waals surface area contributed by atoms with Crippen molar-refractivity contribution in [3.05, 3.63) is 68.7 Å². The Bertz CT molecular complexity index is 869. The number of halogens is 1. The summed E-state index contributed by atoms with van der Waals surface area (Å²) in [5.74, 6) is -1.08. The van der Waals surface area contributed by atoms with Gasteiger partial charge in [-0.15, -0.1) is 0 Å². The number of carbonyl (C=O) groups is 2. The van der Waals surface area contributed by atoms with Gasteiger partial charge in [0.25, 0.3) is 11.6 Å². The quantitative estimate of drug-likeness (QED) is 0.480. The van der Waals surface area contributed by atoms with Gasteiger partial charge >= 0.3 is 5.97 Å². The Morgan fingerprint density at radius 1 is 1.25 bits per heavy atom. The molecule has 2 aromatic carbocycles. The molecular formula is C19H19ClN2O6. The molecule has 9 heteroatoms. The molecule has 8 nitrogen and oxygen atoms in total. The van der Waals surface area contributed by atoms with Crippen LogP contribution in [0.4, 0.5) is 5.69 Å². The molecule has 28 heavy (non-hydrogen) atoms. The topological polar surface area (TPSA) is 119 Å². The van der Waals surface area contributed by atoms with Crippen molar-refractivity contribution < 1.29 is 24.4 Å². The highest BCUT2D eigenvalue weighted by Gasteiger charge is 2.21. The van der Waals surface area contributed by atoms with Crippen molar-refractivity contribution in [1.82, 2.24) is 5.32 Å². The fraction of sp³-hybridized carbons (Fsp3) is 0.263. The van der Waals surface area contributed by atoms with Crippen molar-refractivity contribution in [1.29, 1.82) is 0 Å². The number of nitrogens with zero attached hydrogens (tertiary/aromatic N) is 1. The van der Waals surface area contributed by atoms with Gasteiger partial charge < -0.3 is 15.2 Å². The molecule has 0 bridgehead atoms. The molecule has 2 rings (SSSR count). The Kier molecular flexibility index (Phi) is 7.34. The largest absolute Gasteiger partial charge is 0.494 e. The number of nitrogens with one attached hydrogen (secondary N) is 1. The fourth-order valence-electron chi connectivity index (χ4n) is 2.48. The van der Waals surface area contributed by atoms with Crippen molar-refractivity contribution in [2.45, 2.75) is 25.8 Å². The van der Waals surface area contributed by atoms with Crippen LogP contribution in [0.15, 0.2) is 42.5 Å². The van der Waals surface area contributed by atoms with E-state index in [9.17, 15) is 24.8 Å². The lowest BCUT2D eigenvalue weighted by Crippen LogP contribution is -2.30. The molecule has 0 saturated carbocycles. The van der Waals surface area contributed by atoms with Crippen molar-refractivity contribution in [2.75, 3.05) is 6.61 Å². The zero-order valence-corrected chi connectivity index (χ0v) is 15.8. The van der Waals surface area contributed by atoms with Crippen LogP contribution < -0.4 is 10.1 Å². The molecule has 0 spiro atoms. The van der Waals surface area contributed by atoms with Crippen LogP contribution >= 0.6 is 11.6 Å². The smallest absolute Gasteiger partial charge is 0.305 e. The number of nitro benzene ring substituents is 1. The molecule has 0 heterocycles. The highest BCUT2D eigenvalue weighted by Crippen LogP contribution is 2.25. The monoisotopic (exact) mass is 406 g/mol. The van der Waals surface area contributed by atoms with Crippen molar-refractivity contribution in [3.63, 3.8) is 0 Å². The van der Waals surface area contributed by atoms with Crippen LogP contribution in [-0.2, 0) is 4.79 Å². The number of carbonyl (C=O) groups excluding carboxylic acids is 1. The Labute approximate surface area is 166 Å². The van der Waals surface area contributed by atoms with Gasteiger partial charge in [0, 0.05) is 12.1 Å². The standard InChI is InChI=1S/C19H19ClN2O6/c1-2-9-28-14-6-3-12(4-7-14)17(11-18(23)24)21-19(25)15-8-5-13(22(26)27)10-16(15)20/h3-8,10,17H,2,9,11H2,1H3,(H,21,25)(H,23,24)/t17-/m1/s1. The first-order valence-electron chi connectivity index (χ1n) is 8.51. The molecule has 0 saturated heterocycles. The van der Waals surface area contributed by atoms with Crippen LogP contribution in [-0.4, -0.2) is 28.5 Å². The van der Waals surface area contributed by atoms with Crippen molar-refractivity contribution in [2.24, 2.45) is 0 Å². The minimum Gasteiger partial charge on any atom is -0.494 e. The zero-order chi connectivity index (χ0) is 20.7. The van der Waals surface area contributed by atoms with E-state index >= 15 is 0 Å². The lowest BCUT2D eigenvalue weighted by Gasteiger charge is -2.18. The molecule has 0 aliphatic carbocycles. The first-order chi connectivity index (χ1) is 13.3. The number of nitro groups is 1. The third-order valence-electron chi connectivity index (χ3n) is 3.85. The van der Waals surface area contributed by atoms with Crippen LogP contribution in [0.1, 0.15) is 41.7 Å². The molecule has 1 amide bonds. The summed E-state index contributed by atoms with van der Waals surface area (Å²) in [6, 6.07) is 9.41. The summed E-state index contributed by atoms with van der Waals surface area (Å²) in [7, 11) is 0. The van der Waals surface area contributed by atoms with Crippen LogP contribution in [0.25, 0.3) is 0 Å². The van der Waals surface area contributed by atoms with E-state index in [1.54, 1.807) is 24.3 Å². The molecule has 0 radical (unpaired) electrons. The van der Waals surface area contributed by atoms with Gasteiger partial charge in [-0.25, -0.2) is 0 Å². The van der Waals surface area contributed by atoms with Gasteiger partial charge in [0.15, 0.2) is 0 Å². The van der Waals surface area contributed by atoms with E-state index in [2.05, 4.69) is 5.32 Å². The molecule has 1 atom stereocenters. The number of benzene rings is 2. The van der Waals surface area contributed by atoms with Crippen molar-refractivity contribution >= 4 is 29.2 Å². The van der Waals surface area contributed by atoms with E-state index in [-0.39, 0.29) is 22.7 Å². The maximum atomic E-state index is 12.5. The van der Waals surface area contributed by atoms with Gasteiger partial charge in [-0.3, -0.25) is 19.7 Å².